The molecule has 2 rings (SSSR count). The van der Waals surface area contributed by atoms with Crippen LogP contribution in [0, 0.1) is 0 Å². The number of rotatable bonds is 3. The van der Waals surface area contributed by atoms with Gasteiger partial charge in [-0.25, -0.2) is 0 Å². The molecule has 1 aliphatic rings. The molecular weight excluding hydrogens is 218 g/mol. The molecule has 1 aromatic carbocycles. The molecule has 0 saturated carbocycles. The van der Waals surface area contributed by atoms with Crippen molar-refractivity contribution >= 4 is 17.2 Å². The Kier molecular flexibility index (Phi) is 3.13. The van der Waals surface area contributed by atoms with Crippen molar-refractivity contribution in [3.05, 3.63) is 17.7 Å². The first kappa shape index (κ1) is 11.6. The Hall–Kier alpha value is -1.84. The monoisotopic (exact) mass is 233 g/mol. The maximum atomic E-state index is 12.0. The third kappa shape index (κ3) is 2.02. The molecule has 1 heterocycles. The zero-order chi connectivity index (χ0) is 12.4. The van der Waals surface area contributed by atoms with Crippen LogP contribution in [0.25, 0.3) is 0 Å². The third-order valence-corrected chi connectivity index (χ3v) is 2.84. The quantitative estimate of drug-likeness (QED) is 0.806. The van der Waals surface area contributed by atoms with Gasteiger partial charge in [0.2, 0.25) is 0 Å². The Morgan fingerprint density at radius 1 is 1.29 bits per heavy atom. The van der Waals surface area contributed by atoms with Crippen molar-refractivity contribution in [1.82, 2.24) is 0 Å². The average Bonchev–Trinajstić information content (AvgIpc) is 2.36. The van der Waals surface area contributed by atoms with E-state index in [-0.39, 0.29) is 5.78 Å². The lowest BCUT2D eigenvalue weighted by Crippen LogP contribution is -2.13. The van der Waals surface area contributed by atoms with Crippen LogP contribution < -0.4 is 9.47 Å². The van der Waals surface area contributed by atoms with Gasteiger partial charge >= 0.3 is 0 Å². The van der Waals surface area contributed by atoms with Gasteiger partial charge in [-0.05, 0) is 6.42 Å². The van der Waals surface area contributed by atoms with Crippen LogP contribution in [0.1, 0.15) is 30.1 Å². The van der Waals surface area contributed by atoms with Crippen LogP contribution in [0.15, 0.2) is 17.1 Å². The number of ketones is 1. The maximum absolute atomic E-state index is 12.0. The SMILES string of the molecule is CCC1=Nc2cc(OC)cc(OC)c2C(=O)C1. The summed E-state index contributed by atoms with van der Waals surface area (Å²) < 4.78 is 10.4. The van der Waals surface area contributed by atoms with Gasteiger partial charge in [-0.1, -0.05) is 6.92 Å². The van der Waals surface area contributed by atoms with Crippen LogP contribution >= 0.6 is 0 Å². The molecule has 0 aromatic heterocycles. The van der Waals surface area contributed by atoms with E-state index in [0.717, 1.165) is 12.1 Å². The van der Waals surface area contributed by atoms with Crippen molar-refractivity contribution in [3.63, 3.8) is 0 Å². The number of aliphatic imine (C=N–C) groups is 1. The summed E-state index contributed by atoms with van der Waals surface area (Å²) in [4.78, 5) is 16.5. The van der Waals surface area contributed by atoms with Crippen LogP contribution in [0.3, 0.4) is 0 Å². The van der Waals surface area contributed by atoms with Gasteiger partial charge < -0.3 is 9.47 Å². The van der Waals surface area contributed by atoms with Gasteiger partial charge in [-0.15, -0.1) is 0 Å². The van der Waals surface area contributed by atoms with Gasteiger partial charge in [0.05, 0.1) is 25.5 Å². The highest BCUT2D eigenvalue weighted by Gasteiger charge is 2.24. The van der Waals surface area contributed by atoms with E-state index < -0.39 is 0 Å². The predicted octanol–water partition coefficient (Wildman–Crippen LogP) is 2.77. The van der Waals surface area contributed by atoms with Gasteiger partial charge in [-0.2, -0.15) is 0 Å². The molecule has 0 saturated heterocycles. The topological polar surface area (TPSA) is 47.9 Å². The number of methoxy groups -OCH3 is 2. The Bertz CT molecular complexity index is 492. The van der Waals surface area contributed by atoms with Crippen LogP contribution in [0.2, 0.25) is 0 Å². The third-order valence-electron chi connectivity index (χ3n) is 2.84. The largest absolute Gasteiger partial charge is 0.497 e. The van der Waals surface area contributed by atoms with E-state index in [0.29, 0.717) is 29.2 Å². The second-order valence-electron chi connectivity index (χ2n) is 3.86. The first-order valence-electron chi connectivity index (χ1n) is 5.55. The number of Topliss-reactive ketones (excluding diaryl/α,β-unsaturated/α-hetero) is 1. The van der Waals surface area contributed by atoms with Crippen LogP contribution in [-0.4, -0.2) is 25.7 Å². The summed E-state index contributed by atoms with van der Waals surface area (Å²) >= 11 is 0. The molecule has 0 unspecified atom stereocenters. The van der Waals surface area contributed by atoms with E-state index in [9.17, 15) is 4.79 Å². The number of fused-ring (bicyclic) bond motifs is 1. The van der Waals surface area contributed by atoms with Crippen molar-refractivity contribution in [3.8, 4) is 11.5 Å². The molecule has 90 valence electrons. The summed E-state index contributed by atoms with van der Waals surface area (Å²) in [6.07, 6.45) is 1.16. The molecule has 4 heteroatoms. The number of carbonyl (C=O) groups excluding carboxylic acids is 1. The first-order valence-corrected chi connectivity index (χ1v) is 5.55. The summed E-state index contributed by atoms with van der Waals surface area (Å²) in [7, 11) is 3.12. The van der Waals surface area contributed by atoms with E-state index in [2.05, 4.69) is 4.99 Å². The fraction of sp³-hybridized carbons (Fsp3) is 0.385. The lowest BCUT2D eigenvalue weighted by Gasteiger charge is -2.17. The summed E-state index contributed by atoms with van der Waals surface area (Å²) in [5.74, 6) is 1.24. The summed E-state index contributed by atoms with van der Waals surface area (Å²) in [6, 6.07) is 3.48. The van der Waals surface area contributed by atoms with Crippen molar-refractivity contribution in [2.75, 3.05) is 14.2 Å². The van der Waals surface area contributed by atoms with Gasteiger partial charge in [-0.3, -0.25) is 9.79 Å². The Morgan fingerprint density at radius 3 is 2.65 bits per heavy atom. The zero-order valence-corrected chi connectivity index (χ0v) is 10.2. The predicted molar refractivity (Wildman–Crippen MR) is 65.9 cm³/mol. The fourth-order valence-electron chi connectivity index (χ4n) is 1.91. The van der Waals surface area contributed by atoms with Gasteiger partial charge in [0.25, 0.3) is 0 Å². The van der Waals surface area contributed by atoms with Gasteiger partial charge in [0, 0.05) is 24.3 Å². The van der Waals surface area contributed by atoms with E-state index >= 15 is 0 Å². The van der Waals surface area contributed by atoms with Crippen LogP contribution in [0.4, 0.5) is 5.69 Å². The van der Waals surface area contributed by atoms with Crippen LogP contribution in [-0.2, 0) is 0 Å². The number of carbonyl (C=O) groups is 1. The highest BCUT2D eigenvalue weighted by atomic mass is 16.5. The van der Waals surface area contributed by atoms with Crippen molar-refractivity contribution < 1.29 is 14.3 Å². The fourth-order valence-corrected chi connectivity index (χ4v) is 1.91. The van der Waals surface area contributed by atoms with E-state index in [4.69, 9.17) is 9.47 Å². The molecule has 0 bridgehead atoms. The average molecular weight is 233 g/mol. The number of ether oxygens (including phenoxy) is 2. The van der Waals surface area contributed by atoms with Gasteiger partial charge in [0.1, 0.15) is 11.5 Å². The van der Waals surface area contributed by atoms with Crippen molar-refractivity contribution in [2.24, 2.45) is 4.99 Å². The van der Waals surface area contributed by atoms with E-state index in [1.54, 1.807) is 26.4 Å². The highest BCUT2D eigenvalue weighted by molar-refractivity contribution is 6.17. The minimum Gasteiger partial charge on any atom is -0.497 e. The molecule has 0 N–H and O–H groups in total. The smallest absolute Gasteiger partial charge is 0.174 e. The minimum atomic E-state index is 0.0614. The zero-order valence-electron chi connectivity index (χ0n) is 10.2. The number of benzene rings is 1. The molecule has 0 radical (unpaired) electrons. The number of hydrogen-bond acceptors (Lipinski definition) is 4. The highest BCUT2D eigenvalue weighted by Crippen LogP contribution is 2.37. The van der Waals surface area contributed by atoms with Crippen molar-refractivity contribution in [2.45, 2.75) is 19.8 Å². The summed E-state index contributed by atoms with van der Waals surface area (Å²) in [5, 5.41) is 0. The molecule has 1 aromatic rings. The van der Waals surface area contributed by atoms with Crippen molar-refractivity contribution in [1.29, 1.82) is 0 Å². The van der Waals surface area contributed by atoms with Gasteiger partial charge in [0.15, 0.2) is 5.78 Å². The first-order chi connectivity index (χ1) is 8.19. The molecule has 4 nitrogen and oxygen atoms in total. The van der Waals surface area contributed by atoms with E-state index in [1.807, 2.05) is 6.92 Å². The normalized spacial score (nSPS) is 14.1. The lowest BCUT2D eigenvalue weighted by atomic mass is 9.98. The molecule has 17 heavy (non-hydrogen) atoms. The Balaban J connectivity index is 2.62. The summed E-state index contributed by atoms with van der Waals surface area (Å²) in [5.41, 5.74) is 2.11. The standard InChI is InChI=1S/C13H15NO3/c1-4-8-5-11(15)13-10(14-8)6-9(16-2)7-12(13)17-3/h6-7H,4-5H2,1-3H3. The molecule has 0 aliphatic carbocycles. The maximum Gasteiger partial charge on any atom is 0.174 e. The number of hydrogen-bond donors (Lipinski definition) is 0. The second kappa shape index (κ2) is 4.57. The molecule has 0 spiro atoms. The summed E-state index contributed by atoms with van der Waals surface area (Å²) in [6.45, 7) is 1.99. The molecule has 1 aliphatic heterocycles. The molecule has 0 fully saturated rings. The minimum absolute atomic E-state index is 0.0614. The lowest BCUT2D eigenvalue weighted by molar-refractivity contribution is 0.0996. The van der Waals surface area contributed by atoms with E-state index in [1.165, 1.54) is 0 Å². The molecule has 0 amide bonds. The molecular formula is C13H15NO3. The number of nitrogens with zero attached hydrogens (tertiary/aromatic N) is 1. The van der Waals surface area contributed by atoms with Crippen LogP contribution in [0.5, 0.6) is 11.5 Å². The Labute approximate surface area is 100 Å². The Morgan fingerprint density at radius 2 is 2.06 bits per heavy atom. The second-order valence-corrected chi connectivity index (χ2v) is 3.86. The molecule has 0 atom stereocenters.